The summed E-state index contributed by atoms with van der Waals surface area (Å²) in [5.74, 6) is 2.36. The van der Waals surface area contributed by atoms with Crippen molar-refractivity contribution in [2.75, 3.05) is 73.2 Å². The molecule has 1 saturated carbocycles. The number of halogens is 1. The molecule has 1 aliphatic heterocycles. The van der Waals surface area contributed by atoms with Gasteiger partial charge in [-0.3, -0.25) is 14.8 Å². The molecular formula is C24H42IN5O3. The monoisotopic (exact) mass is 575 g/mol. The topological polar surface area (TPSA) is 70.6 Å². The molecule has 1 aliphatic carbocycles. The summed E-state index contributed by atoms with van der Waals surface area (Å²) in [6, 6.07) is 7.10. The highest BCUT2D eigenvalue weighted by Crippen LogP contribution is 2.32. The standard InChI is InChI=1S/C24H41N5O3.HI/c1-5-25-24(26-11-12-28(6-2)20-8-9-20)27-18-21(29-13-15-32-16-14-29)19-7-10-22(30-3)23(17-19)31-4;/h7,10,17,20-21H,5-6,8-9,11-16,18H2,1-4H3,(H2,25,26,27);1H. The number of aliphatic imine (C=N–C) groups is 1. The minimum absolute atomic E-state index is 0. The Balaban J connectivity index is 0.00000385. The molecule has 3 rings (SSSR count). The van der Waals surface area contributed by atoms with Crippen molar-refractivity contribution >= 4 is 29.9 Å². The summed E-state index contributed by atoms with van der Waals surface area (Å²) < 4.78 is 16.6. The van der Waals surface area contributed by atoms with Gasteiger partial charge in [0.25, 0.3) is 0 Å². The fraction of sp³-hybridized carbons (Fsp3) is 0.708. The number of nitrogens with zero attached hydrogens (tertiary/aromatic N) is 3. The Kier molecular flexibility index (Phi) is 12.6. The molecule has 2 N–H and O–H groups in total. The first-order chi connectivity index (χ1) is 15.7. The van der Waals surface area contributed by atoms with Gasteiger partial charge >= 0.3 is 0 Å². The van der Waals surface area contributed by atoms with Crippen LogP contribution < -0.4 is 20.1 Å². The van der Waals surface area contributed by atoms with Crippen LogP contribution in [-0.4, -0.2) is 95.0 Å². The van der Waals surface area contributed by atoms with Crippen LogP contribution >= 0.6 is 24.0 Å². The molecule has 0 radical (unpaired) electrons. The summed E-state index contributed by atoms with van der Waals surface area (Å²) in [6.07, 6.45) is 2.68. The Morgan fingerprint density at radius 3 is 2.48 bits per heavy atom. The van der Waals surface area contributed by atoms with Gasteiger partial charge in [0.05, 0.1) is 40.0 Å². The lowest BCUT2D eigenvalue weighted by Crippen LogP contribution is -2.43. The van der Waals surface area contributed by atoms with Gasteiger partial charge in [-0.2, -0.15) is 0 Å². The van der Waals surface area contributed by atoms with Crippen LogP contribution in [0.5, 0.6) is 11.5 Å². The van der Waals surface area contributed by atoms with Gasteiger partial charge in [-0.25, -0.2) is 0 Å². The molecule has 9 heteroatoms. The van der Waals surface area contributed by atoms with Crippen LogP contribution in [0.2, 0.25) is 0 Å². The van der Waals surface area contributed by atoms with Gasteiger partial charge in [-0.1, -0.05) is 13.0 Å². The summed E-state index contributed by atoms with van der Waals surface area (Å²) in [6.45, 7) is 12.2. The molecule has 0 spiro atoms. The van der Waals surface area contributed by atoms with Crippen LogP contribution in [0.15, 0.2) is 23.2 Å². The highest BCUT2D eigenvalue weighted by molar-refractivity contribution is 14.0. The Hall–Kier alpha value is -1.30. The number of rotatable bonds is 12. The molecule has 2 aliphatic rings. The predicted molar refractivity (Wildman–Crippen MR) is 144 cm³/mol. The van der Waals surface area contributed by atoms with Crippen molar-refractivity contribution in [2.45, 2.75) is 38.8 Å². The number of ether oxygens (including phenoxy) is 3. The molecule has 2 fully saturated rings. The van der Waals surface area contributed by atoms with Gasteiger partial charge in [-0.15, -0.1) is 24.0 Å². The molecule has 1 saturated heterocycles. The van der Waals surface area contributed by atoms with Crippen molar-refractivity contribution < 1.29 is 14.2 Å². The second-order valence-corrected chi connectivity index (χ2v) is 8.28. The van der Waals surface area contributed by atoms with Crippen LogP contribution in [-0.2, 0) is 4.74 Å². The Labute approximate surface area is 216 Å². The maximum Gasteiger partial charge on any atom is 0.191 e. The largest absolute Gasteiger partial charge is 0.493 e. The van der Waals surface area contributed by atoms with Gasteiger partial charge in [-0.05, 0) is 44.0 Å². The average molecular weight is 576 g/mol. The zero-order valence-electron chi connectivity index (χ0n) is 20.6. The van der Waals surface area contributed by atoms with Gasteiger partial charge < -0.3 is 24.8 Å². The molecule has 33 heavy (non-hydrogen) atoms. The lowest BCUT2D eigenvalue weighted by atomic mass is 10.0. The number of hydrogen-bond donors (Lipinski definition) is 2. The zero-order chi connectivity index (χ0) is 22.8. The van der Waals surface area contributed by atoms with Crippen LogP contribution in [0.3, 0.4) is 0 Å². The smallest absolute Gasteiger partial charge is 0.191 e. The highest BCUT2D eigenvalue weighted by Gasteiger charge is 2.27. The molecule has 0 aromatic heterocycles. The number of nitrogens with one attached hydrogen (secondary N) is 2. The van der Waals surface area contributed by atoms with Crippen molar-refractivity contribution in [2.24, 2.45) is 4.99 Å². The predicted octanol–water partition coefficient (Wildman–Crippen LogP) is 2.73. The maximum absolute atomic E-state index is 5.59. The van der Waals surface area contributed by atoms with E-state index >= 15 is 0 Å². The van der Waals surface area contributed by atoms with E-state index in [2.05, 4.69) is 46.4 Å². The summed E-state index contributed by atoms with van der Waals surface area (Å²) in [5.41, 5.74) is 1.18. The summed E-state index contributed by atoms with van der Waals surface area (Å²) >= 11 is 0. The van der Waals surface area contributed by atoms with E-state index in [1.807, 2.05) is 6.07 Å². The van der Waals surface area contributed by atoms with Crippen molar-refractivity contribution in [1.82, 2.24) is 20.4 Å². The minimum atomic E-state index is 0. The van der Waals surface area contributed by atoms with Crippen molar-refractivity contribution in [3.05, 3.63) is 23.8 Å². The number of methoxy groups -OCH3 is 2. The first-order valence-electron chi connectivity index (χ1n) is 12.0. The Morgan fingerprint density at radius 2 is 1.88 bits per heavy atom. The molecule has 188 valence electrons. The van der Waals surface area contributed by atoms with Gasteiger partial charge in [0.2, 0.25) is 0 Å². The molecule has 1 unspecified atom stereocenters. The lowest BCUT2D eigenvalue weighted by Gasteiger charge is -2.34. The fourth-order valence-electron chi connectivity index (χ4n) is 4.26. The summed E-state index contributed by atoms with van der Waals surface area (Å²) in [5, 5.41) is 6.93. The Morgan fingerprint density at radius 1 is 1.15 bits per heavy atom. The average Bonchev–Trinajstić information content (AvgIpc) is 3.67. The second-order valence-electron chi connectivity index (χ2n) is 8.28. The first kappa shape index (κ1) is 27.9. The third kappa shape index (κ3) is 8.45. The molecule has 1 aromatic rings. The van der Waals surface area contributed by atoms with E-state index < -0.39 is 0 Å². The molecule has 8 nitrogen and oxygen atoms in total. The number of hydrogen-bond acceptors (Lipinski definition) is 6. The third-order valence-corrected chi connectivity index (χ3v) is 6.21. The molecule has 1 atom stereocenters. The minimum Gasteiger partial charge on any atom is -0.493 e. The van der Waals surface area contributed by atoms with Crippen molar-refractivity contribution in [3.8, 4) is 11.5 Å². The van der Waals surface area contributed by atoms with E-state index in [4.69, 9.17) is 19.2 Å². The zero-order valence-corrected chi connectivity index (χ0v) is 23.0. The molecule has 0 bridgehead atoms. The number of likely N-dealkylation sites (N-methyl/N-ethyl adjacent to an activating group) is 1. The van der Waals surface area contributed by atoms with Crippen molar-refractivity contribution in [1.29, 1.82) is 0 Å². The van der Waals surface area contributed by atoms with E-state index in [1.54, 1.807) is 14.2 Å². The summed E-state index contributed by atoms with van der Waals surface area (Å²) in [4.78, 5) is 9.97. The number of guanidine groups is 1. The normalized spacial score (nSPS) is 17.9. The molecular weight excluding hydrogens is 533 g/mol. The van der Waals surface area contributed by atoms with E-state index in [0.717, 1.165) is 76.0 Å². The van der Waals surface area contributed by atoms with E-state index in [9.17, 15) is 0 Å². The lowest BCUT2D eigenvalue weighted by molar-refractivity contribution is 0.0179. The van der Waals surface area contributed by atoms with Gasteiger partial charge in [0, 0.05) is 38.8 Å². The number of morpholine rings is 1. The van der Waals surface area contributed by atoms with E-state index in [0.29, 0.717) is 6.54 Å². The van der Waals surface area contributed by atoms with Gasteiger partial charge in [0.15, 0.2) is 17.5 Å². The number of benzene rings is 1. The van der Waals surface area contributed by atoms with Crippen LogP contribution in [0, 0.1) is 0 Å². The summed E-state index contributed by atoms with van der Waals surface area (Å²) in [7, 11) is 3.34. The van der Waals surface area contributed by atoms with Crippen LogP contribution in [0.25, 0.3) is 0 Å². The fourth-order valence-corrected chi connectivity index (χ4v) is 4.26. The molecule has 1 aromatic carbocycles. The van der Waals surface area contributed by atoms with Crippen LogP contribution in [0.4, 0.5) is 0 Å². The Bertz CT molecular complexity index is 726. The first-order valence-corrected chi connectivity index (χ1v) is 12.0. The maximum atomic E-state index is 5.59. The van der Waals surface area contributed by atoms with E-state index in [-0.39, 0.29) is 30.0 Å². The SMILES string of the molecule is CCNC(=NCC(c1ccc(OC)c(OC)c1)N1CCOCC1)NCCN(CC)C1CC1.I. The third-order valence-electron chi connectivity index (χ3n) is 6.21. The second kappa shape index (κ2) is 14.9. The highest BCUT2D eigenvalue weighted by atomic mass is 127. The van der Waals surface area contributed by atoms with Gasteiger partial charge in [0.1, 0.15) is 0 Å². The quantitative estimate of drug-likeness (QED) is 0.226. The van der Waals surface area contributed by atoms with E-state index in [1.165, 1.54) is 18.4 Å². The molecule has 0 amide bonds. The van der Waals surface area contributed by atoms with Crippen LogP contribution in [0.1, 0.15) is 38.3 Å². The molecule has 1 heterocycles. The van der Waals surface area contributed by atoms with Crippen molar-refractivity contribution in [3.63, 3.8) is 0 Å².